The fraction of sp³-hybridized carbons (Fsp3) is 0.462. The highest BCUT2D eigenvalue weighted by Crippen LogP contribution is 2.33. The average molecular weight is 259 g/mol. The van der Waals surface area contributed by atoms with Crippen molar-refractivity contribution in [2.24, 2.45) is 0 Å². The van der Waals surface area contributed by atoms with Gasteiger partial charge in [-0.3, -0.25) is 0 Å². The molecule has 1 aromatic heterocycles. The summed E-state index contributed by atoms with van der Waals surface area (Å²) >= 11 is 0. The molecule has 6 nitrogen and oxygen atoms in total. The van der Waals surface area contributed by atoms with Gasteiger partial charge >= 0.3 is 0 Å². The number of benzene rings is 1. The van der Waals surface area contributed by atoms with Crippen molar-refractivity contribution in [3.05, 3.63) is 24.3 Å². The summed E-state index contributed by atoms with van der Waals surface area (Å²) in [6, 6.07) is 7.81. The van der Waals surface area contributed by atoms with Crippen LogP contribution in [0.25, 0.3) is 11.4 Å². The minimum atomic E-state index is 0.191. The Morgan fingerprint density at radius 3 is 2.79 bits per heavy atom. The van der Waals surface area contributed by atoms with Crippen molar-refractivity contribution in [3.63, 3.8) is 0 Å². The number of methoxy groups -OCH3 is 1. The molecule has 1 aliphatic rings. The lowest BCUT2D eigenvalue weighted by Gasteiger charge is -2.19. The second-order valence-corrected chi connectivity index (χ2v) is 4.84. The third-order valence-electron chi connectivity index (χ3n) is 3.70. The zero-order valence-electron chi connectivity index (χ0n) is 10.9. The molecule has 1 saturated carbocycles. The minimum absolute atomic E-state index is 0.191. The molecule has 2 aromatic rings. The van der Waals surface area contributed by atoms with Gasteiger partial charge in [-0.2, -0.15) is 0 Å². The van der Waals surface area contributed by atoms with Crippen LogP contribution in [0.3, 0.4) is 0 Å². The second-order valence-electron chi connectivity index (χ2n) is 4.84. The molecule has 1 aromatic carbocycles. The van der Waals surface area contributed by atoms with E-state index in [0.717, 1.165) is 36.3 Å². The predicted octanol–water partition coefficient (Wildman–Crippen LogP) is 1.66. The number of nitrogen functional groups attached to an aromatic ring is 1. The molecule has 0 aliphatic heterocycles. The van der Waals surface area contributed by atoms with Crippen molar-refractivity contribution < 1.29 is 4.74 Å². The number of rotatable bonds is 3. The maximum atomic E-state index is 5.71. The summed E-state index contributed by atoms with van der Waals surface area (Å²) in [4.78, 5) is 0. The van der Waals surface area contributed by atoms with Crippen molar-refractivity contribution >= 4 is 5.69 Å². The van der Waals surface area contributed by atoms with Crippen LogP contribution in [0, 0.1) is 0 Å². The molecule has 0 saturated heterocycles. The van der Waals surface area contributed by atoms with E-state index in [1.54, 1.807) is 7.11 Å². The zero-order chi connectivity index (χ0) is 13.2. The largest absolute Gasteiger partial charge is 0.399 e. The van der Waals surface area contributed by atoms with Crippen LogP contribution in [0.15, 0.2) is 24.3 Å². The third-order valence-corrected chi connectivity index (χ3v) is 3.70. The molecule has 1 heterocycles. The summed E-state index contributed by atoms with van der Waals surface area (Å²) < 4.78 is 7.40. The molecule has 2 unspecified atom stereocenters. The Labute approximate surface area is 111 Å². The van der Waals surface area contributed by atoms with Gasteiger partial charge in [0, 0.05) is 18.4 Å². The highest BCUT2D eigenvalue weighted by Gasteiger charge is 2.31. The van der Waals surface area contributed by atoms with E-state index in [-0.39, 0.29) is 12.1 Å². The van der Waals surface area contributed by atoms with E-state index in [2.05, 4.69) is 15.5 Å². The third kappa shape index (κ3) is 2.19. The molecular weight excluding hydrogens is 242 g/mol. The molecule has 0 radical (unpaired) electrons. The summed E-state index contributed by atoms with van der Waals surface area (Å²) in [5.74, 6) is 0.772. The molecule has 1 aliphatic carbocycles. The Balaban J connectivity index is 1.96. The van der Waals surface area contributed by atoms with Crippen molar-refractivity contribution in [1.29, 1.82) is 0 Å². The quantitative estimate of drug-likeness (QED) is 0.848. The first-order valence-electron chi connectivity index (χ1n) is 6.46. The molecule has 0 bridgehead atoms. The van der Waals surface area contributed by atoms with Crippen LogP contribution >= 0.6 is 0 Å². The number of nitrogens with two attached hydrogens (primary N) is 1. The van der Waals surface area contributed by atoms with Crippen LogP contribution in [0.2, 0.25) is 0 Å². The van der Waals surface area contributed by atoms with Crippen LogP contribution < -0.4 is 5.73 Å². The highest BCUT2D eigenvalue weighted by atomic mass is 16.5. The van der Waals surface area contributed by atoms with Gasteiger partial charge in [-0.05, 0) is 54.0 Å². The summed E-state index contributed by atoms with van der Waals surface area (Å²) in [5.41, 5.74) is 7.41. The van der Waals surface area contributed by atoms with Gasteiger partial charge in [-0.25, -0.2) is 4.68 Å². The lowest BCUT2D eigenvalue weighted by atomic mass is 10.1. The van der Waals surface area contributed by atoms with Gasteiger partial charge in [0.1, 0.15) is 0 Å². The van der Waals surface area contributed by atoms with Crippen LogP contribution in [0.5, 0.6) is 0 Å². The van der Waals surface area contributed by atoms with E-state index < -0.39 is 0 Å². The number of hydrogen-bond acceptors (Lipinski definition) is 5. The van der Waals surface area contributed by atoms with Crippen molar-refractivity contribution in [1.82, 2.24) is 20.2 Å². The Hall–Kier alpha value is -1.95. The molecular formula is C13H17N5O. The minimum Gasteiger partial charge on any atom is -0.399 e. The maximum absolute atomic E-state index is 5.71. The number of ether oxygens (including phenoxy) is 1. The lowest BCUT2D eigenvalue weighted by Crippen LogP contribution is -2.22. The summed E-state index contributed by atoms with van der Waals surface area (Å²) in [5, 5.41) is 12.1. The average Bonchev–Trinajstić information content (AvgIpc) is 3.07. The predicted molar refractivity (Wildman–Crippen MR) is 71.4 cm³/mol. The van der Waals surface area contributed by atoms with Gasteiger partial charge in [-0.1, -0.05) is 0 Å². The van der Waals surface area contributed by atoms with E-state index in [4.69, 9.17) is 10.5 Å². The summed E-state index contributed by atoms with van der Waals surface area (Å²) in [7, 11) is 1.75. The zero-order valence-corrected chi connectivity index (χ0v) is 10.9. The van der Waals surface area contributed by atoms with E-state index in [0.29, 0.717) is 0 Å². The Kier molecular flexibility index (Phi) is 3.16. The van der Waals surface area contributed by atoms with E-state index in [1.807, 2.05) is 28.9 Å². The van der Waals surface area contributed by atoms with Crippen molar-refractivity contribution in [2.45, 2.75) is 31.4 Å². The molecule has 100 valence electrons. The number of tetrazole rings is 1. The van der Waals surface area contributed by atoms with E-state index >= 15 is 0 Å². The summed E-state index contributed by atoms with van der Waals surface area (Å²) in [6.45, 7) is 0. The lowest BCUT2D eigenvalue weighted by molar-refractivity contribution is 0.0708. The molecule has 3 rings (SSSR count). The maximum Gasteiger partial charge on any atom is 0.182 e. The molecule has 2 N–H and O–H groups in total. The number of aromatic nitrogens is 4. The fourth-order valence-corrected chi connectivity index (χ4v) is 2.70. The fourth-order valence-electron chi connectivity index (χ4n) is 2.70. The smallest absolute Gasteiger partial charge is 0.182 e. The van der Waals surface area contributed by atoms with Gasteiger partial charge in [-0.15, -0.1) is 5.10 Å². The van der Waals surface area contributed by atoms with Crippen LogP contribution in [-0.4, -0.2) is 33.4 Å². The van der Waals surface area contributed by atoms with Gasteiger partial charge < -0.3 is 10.5 Å². The number of nitrogens with zero attached hydrogens (tertiary/aromatic N) is 4. The van der Waals surface area contributed by atoms with Gasteiger partial charge in [0.15, 0.2) is 5.82 Å². The monoisotopic (exact) mass is 259 g/mol. The standard InChI is InChI=1S/C13H17N5O/c1-19-12-4-2-3-11(12)18-13(15-16-17-18)9-5-7-10(14)8-6-9/h5-8,11-12H,2-4,14H2,1H3. The topological polar surface area (TPSA) is 78.8 Å². The van der Waals surface area contributed by atoms with Crippen LogP contribution in [-0.2, 0) is 4.74 Å². The van der Waals surface area contributed by atoms with Gasteiger partial charge in [0.05, 0.1) is 12.1 Å². The number of hydrogen-bond donors (Lipinski definition) is 1. The van der Waals surface area contributed by atoms with Gasteiger partial charge in [0.2, 0.25) is 0 Å². The number of anilines is 1. The molecule has 0 amide bonds. The molecule has 6 heteroatoms. The van der Waals surface area contributed by atoms with Crippen LogP contribution in [0.1, 0.15) is 25.3 Å². The Morgan fingerprint density at radius 1 is 1.26 bits per heavy atom. The first kappa shape index (κ1) is 12.1. The molecule has 2 atom stereocenters. The van der Waals surface area contributed by atoms with Crippen molar-refractivity contribution in [3.8, 4) is 11.4 Å². The first-order valence-corrected chi connectivity index (χ1v) is 6.46. The molecule has 1 fully saturated rings. The normalized spacial score (nSPS) is 22.8. The molecule has 0 spiro atoms. The van der Waals surface area contributed by atoms with E-state index in [1.165, 1.54) is 0 Å². The first-order chi connectivity index (χ1) is 9.29. The second kappa shape index (κ2) is 4.97. The SMILES string of the molecule is COC1CCCC1n1nnnc1-c1ccc(N)cc1. The Morgan fingerprint density at radius 2 is 2.05 bits per heavy atom. The molecule has 19 heavy (non-hydrogen) atoms. The van der Waals surface area contributed by atoms with Crippen LogP contribution in [0.4, 0.5) is 5.69 Å². The summed E-state index contributed by atoms with van der Waals surface area (Å²) in [6.07, 6.45) is 3.44. The highest BCUT2D eigenvalue weighted by molar-refractivity contribution is 5.58. The Bertz CT molecular complexity index is 550. The van der Waals surface area contributed by atoms with Crippen molar-refractivity contribution in [2.75, 3.05) is 12.8 Å². The van der Waals surface area contributed by atoms with E-state index in [9.17, 15) is 0 Å². The van der Waals surface area contributed by atoms with Gasteiger partial charge in [0.25, 0.3) is 0 Å².